The second-order valence-electron chi connectivity index (χ2n) is 3.47. The van der Waals surface area contributed by atoms with Crippen molar-refractivity contribution in [2.24, 2.45) is 0 Å². The zero-order valence-corrected chi connectivity index (χ0v) is 9.26. The summed E-state index contributed by atoms with van der Waals surface area (Å²) in [4.78, 5) is 0. The fourth-order valence-corrected chi connectivity index (χ4v) is 1.47. The third kappa shape index (κ3) is 2.82. The van der Waals surface area contributed by atoms with Gasteiger partial charge in [-0.05, 0) is 30.0 Å². The molecule has 0 bridgehead atoms. The molecule has 78 valence electrons. The molecule has 0 saturated heterocycles. The molecule has 0 radical (unpaired) electrons. The van der Waals surface area contributed by atoms with Crippen LogP contribution >= 0.6 is 0 Å². The lowest BCUT2D eigenvalue weighted by Gasteiger charge is -2.12. The first-order chi connectivity index (χ1) is 6.50. The molecule has 0 aliphatic carbocycles. The zero-order chi connectivity index (χ0) is 10.7. The summed E-state index contributed by atoms with van der Waals surface area (Å²) in [5, 5.41) is 0. The second kappa shape index (κ2) is 4.57. The van der Waals surface area contributed by atoms with E-state index in [0.717, 1.165) is 11.1 Å². The van der Waals surface area contributed by atoms with Crippen LogP contribution in [0.15, 0.2) is 18.2 Å². The van der Waals surface area contributed by atoms with E-state index < -0.39 is 11.4 Å². The molecule has 1 aromatic rings. The van der Waals surface area contributed by atoms with Crippen LogP contribution in [-0.2, 0) is 11.4 Å². The first-order valence-corrected chi connectivity index (χ1v) is 5.39. The minimum atomic E-state index is -2.50. The lowest BCUT2D eigenvalue weighted by molar-refractivity contribution is 0.438. The van der Waals surface area contributed by atoms with Crippen LogP contribution in [0.1, 0.15) is 30.9 Å². The van der Waals surface area contributed by atoms with Crippen LogP contribution < -0.4 is 4.18 Å². The van der Waals surface area contributed by atoms with Gasteiger partial charge in [-0.2, -0.15) is 0 Å². The van der Waals surface area contributed by atoms with Gasteiger partial charge in [0.2, 0.25) is 0 Å². The van der Waals surface area contributed by atoms with Gasteiger partial charge >= 0.3 is 0 Å². The standard InChI is InChI=1S/C10H14O3S/c1-7(2)9-5-4-8(3)10(6-9)13-14(11)12/h4-7H,1-3H3,(H,11,12)/p-1. The summed E-state index contributed by atoms with van der Waals surface area (Å²) in [6, 6.07) is 5.59. The Bertz CT molecular complexity index is 347. The van der Waals surface area contributed by atoms with Gasteiger partial charge in [0.1, 0.15) is 17.1 Å². The maximum atomic E-state index is 10.4. The van der Waals surface area contributed by atoms with Crippen molar-refractivity contribution in [3.63, 3.8) is 0 Å². The number of hydrogen-bond acceptors (Lipinski definition) is 3. The van der Waals surface area contributed by atoms with Crippen LogP contribution in [0.2, 0.25) is 0 Å². The van der Waals surface area contributed by atoms with Crippen molar-refractivity contribution < 1.29 is 12.9 Å². The van der Waals surface area contributed by atoms with Gasteiger partial charge in [-0.3, -0.25) is 0 Å². The van der Waals surface area contributed by atoms with E-state index in [1.165, 1.54) is 0 Å². The lowest BCUT2D eigenvalue weighted by Crippen LogP contribution is -2.00. The summed E-state index contributed by atoms with van der Waals surface area (Å²) in [6.45, 7) is 5.90. The van der Waals surface area contributed by atoms with Gasteiger partial charge in [0.05, 0.1) is 0 Å². The van der Waals surface area contributed by atoms with E-state index in [1.807, 2.05) is 32.9 Å². The van der Waals surface area contributed by atoms with E-state index in [1.54, 1.807) is 6.07 Å². The third-order valence-electron chi connectivity index (χ3n) is 2.04. The molecule has 1 rings (SSSR count). The topological polar surface area (TPSA) is 49.4 Å². The van der Waals surface area contributed by atoms with Gasteiger partial charge in [-0.15, -0.1) is 0 Å². The highest BCUT2D eigenvalue weighted by atomic mass is 32.2. The Labute approximate surface area is 86.6 Å². The van der Waals surface area contributed by atoms with Crippen molar-refractivity contribution in [3.05, 3.63) is 29.3 Å². The molecule has 0 N–H and O–H groups in total. The lowest BCUT2D eigenvalue weighted by atomic mass is 10.0. The van der Waals surface area contributed by atoms with E-state index in [0.29, 0.717) is 11.7 Å². The summed E-state index contributed by atoms with van der Waals surface area (Å²) >= 11 is -2.50. The van der Waals surface area contributed by atoms with Gasteiger partial charge in [-0.25, -0.2) is 4.21 Å². The van der Waals surface area contributed by atoms with Crippen LogP contribution in [0, 0.1) is 6.92 Å². The van der Waals surface area contributed by atoms with Crippen molar-refractivity contribution in [1.29, 1.82) is 0 Å². The molecule has 14 heavy (non-hydrogen) atoms. The SMILES string of the molecule is Cc1ccc(C(C)C)cc1OS(=O)[O-]. The van der Waals surface area contributed by atoms with Crippen LogP contribution in [0.25, 0.3) is 0 Å². The largest absolute Gasteiger partial charge is 0.740 e. The van der Waals surface area contributed by atoms with Gasteiger partial charge in [0, 0.05) is 0 Å². The van der Waals surface area contributed by atoms with Gasteiger partial charge in [-0.1, -0.05) is 26.0 Å². The molecule has 0 aliphatic heterocycles. The highest BCUT2D eigenvalue weighted by Crippen LogP contribution is 2.24. The fourth-order valence-electron chi connectivity index (χ4n) is 1.14. The summed E-state index contributed by atoms with van der Waals surface area (Å²) < 4.78 is 25.4. The van der Waals surface area contributed by atoms with Crippen LogP contribution in [-0.4, -0.2) is 8.76 Å². The van der Waals surface area contributed by atoms with Gasteiger partial charge in [0.25, 0.3) is 0 Å². The quantitative estimate of drug-likeness (QED) is 0.724. The Morgan fingerprint density at radius 2 is 2.07 bits per heavy atom. The minimum Gasteiger partial charge on any atom is -0.740 e. The molecule has 0 heterocycles. The average Bonchev–Trinajstić information content (AvgIpc) is 2.07. The van der Waals surface area contributed by atoms with Crippen molar-refractivity contribution in [3.8, 4) is 5.75 Å². The third-order valence-corrected chi connectivity index (χ3v) is 2.35. The predicted molar refractivity (Wildman–Crippen MR) is 54.8 cm³/mol. The molecule has 0 aromatic heterocycles. The van der Waals surface area contributed by atoms with E-state index in [2.05, 4.69) is 4.18 Å². The molecule has 0 amide bonds. The molecule has 3 nitrogen and oxygen atoms in total. The van der Waals surface area contributed by atoms with Crippen molar-refractivity contribution in [1.82, 2.24) is 0 Å². The zero-order valence-electron chi connectivity index (χ0n) is 8.44. The number of benzene rings is 1. The Morgan fingerprint density at radius 3 is 2.57 bits per heavy atom. The van der Waals surface area contributed by atoms with Crippen LogP contribution in [0.4, 0.5) is 0 Å². The van der Waals surface area contributed by atoms with E-state index in [9.17, 15) is 8.76 Å². The normalized spacial score (nSPS) is 12.9. The minimum absolute atomic E-state index is 0.359. The van der Waals surface area contributed by atoms with E-state index >= 15 is 0 Å². The molecular formula is C10H13O3S-. The molecule has 0 spiro atoms. The fraction of sp³-hybridized carbons (Fsp3) is 0.400. The smallest absolute Gasteiger partial charge is 0.142 e. The number of aryl methyl sites for hydroxylation is 1. The number of rotatable bonds is 3. The molecule has 0 saturated carbocycles. The van der Waals surface area contributed by atoms with E-state index in [4.69, 9.17) is 0 Å². The summed E-state index contributed by atoms with van der Waals surface area (Å²) in [5.41, 5.74) is 1.88. The molecule has 0 fully saturated rings. The number of hydrogen-bond donors (Lipinski definition) is 0. The van der Waals surface area contributed by atoms with Gasteiger partial charge < -0.3 is 8.74 Å². The highest BCUT2D eigenvalue weighted by molar-refractivity contribution is 7.74. The molecule has 0 aliphatic rings. The second-order valence-corrected chi connectivity index (χ2v) is 4.04. The Morgan fingerprint density at radius 1 is 1.43 bits per heavy atom. The monoisotopic (exact) mass is 213 g/mol. The maximum Gasteiger partial charge on any atom is 0.142 e. The van der Waals surface area contributed by atoms with Crippen molar-refractivity contribution >= 4 is 11.4 Å². The molecule has 1 aromatic carbocycles. The van der Waals surface area contributed by atoms with Crippen LogP contribution in [0.5, 0.6) is 5.75 Å². The predicted octanol–water partition coefficient (Wildman–Crippen LogP) is 2.29. The van der Waals surface area contributed by atoms with E-state index in [-0.39, 0.29) is 0 Å². The summed E-state index contributed by atoms with van der Waals surface area (Å²) in [5.74, 6) is 0.766. The first kappa shape index (κ1) is 11.2. The van der Waals surface area contributed by atoms with Crippen molar-refractivity contribution in [2.45, 2.75) is 26.7 Å². The molecule has 1 unspecified atom stereocenters. The molecular weight excluding hydrogens is 200 g/mol. The Balaban J connectivity index is 3.02. The highest BCUT2D eigenvalue weighted by Gasteiger charge is 2.04. The summed E-state index contributed by atoms with van der Waals surface area (Å²) in [7, 11) is 0. The van der Waals surface area contributed by atoms with Crippen molar-refractivity contribution in [2.75, 3.05) is 0 Å². The van der Waals surface area contributed by atoms with Gasteiger partial charge in [0.15, 0.2) is 0 Å². The average molecular weight is 213 g/mol. The first-order valence-electron chi connectivity index (χ1n) is 4.39. The maximum absolute atomic E-state index is 10.4. The Hall–Kier alpha value is -0.870. The van der Waals surface area contributed by atoms with Crippen LogP contribution in [0.3, 0.4) is 0 Å². The molecule has 4 heteroatoms. The summed E-state index contributed by atoms with van der Waals surface area (Å²) in [6.07, 6.45) is 0. The Kier molecular flexibility index (Phi) is 3.66. The molecule has 1 atom stereocenters.